The molecule has 2 aliphatic rings. The van der Waals surface area contributed by atoms with Gasteiger partial charge >= 0.3 is 0 Å². The summed E-state index contributed by atoms with van der Waals surface area (Å²) in [5.41, 5.74) is 1.29. The number of nitrogens with zero attached hydrogens (tertiary/aromatic N) is 1. The van der Waals surface area contributed by atoms with E-state index >= 15 is 0 Å². The third-order valence-electron chi connectivity index (χ3n) is 3.47. The number of rotatable bonds is 1. The van der Waals surface area contributed by atoms with Crippen LogP contribution in [-0.2, 0) is 6.54 Å². The minimum atomic E-state index is 0.144. The molecule has 2 heteroatoms. The number of hydrogen-bond donors (Lipinski definition) is 0. The zero-order valence-corrected chi connectivity index (χ0v) is 10.0. The van der Waals surface area contributed by atoms with Gasteiger partial charge in [0.05, 0.1) is 0 Å². The Labute approximate surface area is 102 Å². The average Bonchev–Trinajstić information content (AvgIpc) is 2.39. The molecular weight excluding hydrogens is 210 g/mol. The van der Waals surface area contributed by atoms with Crippen molar-refractivity contribution in [2.75, 3.05) is 0 Å². The van der Waals surface area contributed by atoms with E-state index < -0.39 is 0 Å². The summed E-state index contributed by atoms with van der Waals surface area (Å²) in [7, 11) is 0. The maximum Gasteiger partial charge on any atom is 0.150 e. The Hall–Kier alpha value is -1.54. The number of hydrogen-bond acceptors (Lipinski definition) is 2. The van der Waals surface area contributed by atoms with Crippen LogP contribution in [-0.4, -0.2) is 17.2 Å². The standard InChI is InChI=1S/C15H17NO/c1-12-16(14-8-3-2-4-9-14)11-13-7-5-6-10-15(13)17-12/h2-8,10,12,14H,9,11H2,1H3. The molecule has 0 aromatic heterocycles. The third kappa shape index (κ3) is 2.01. The summed E-state index contributed by atoms with van der Waals surface area (Å²) in [4.78, 5) is 2.41. The minimum absolute atomic E-state index is 0.144. The predicted octanol–water partition coefficient (Wildman–Crippen LogP) is 3.11. The van der Waals surface area contributed by atoms with Crippen LogP contribution in [0.3, 0.4) is 0 Å². The topological polar surface area (TPSA) is 12.5 Å². The zero-order valence-electron chi connectivity index (χ0n) is 10.0. The van der Waals surface area contributed by atoms with Crippen molar-refractivity contribution in [3.63, 3.8) is 0 Å². The van der Waals surface area contributed by atoms with Gasteiger partial charge in [-0.2, -0.15) is 0 Å². The van der Waals surface area contributed by atoms with Crippen molar-refractivity contribution >= 4 is 0 Å². The fraction of sp³-hybridized carbons (Fsp3) is 0.333. The molecule has 1 aliphatic heterocycles. The number of allylic oxidation sites excluding steroid dienone is 2. The lowest BCUT2D eigenvalue weighted by Crippen LogP contribution is -2.46. The van der Waals surface area contributed by atoms with Crippen molar-refractivity contribution in [1.82, 2.24) is 4.90 Å². The molecule has 0 N–H and O–H groups in total. The van der Waals surface area contributed by atoms with Crippen LogP contribution >= 0.6 is 0 Å². The number of fused-ring (bicyclic) bond motifs is 1. The normalized spacial score (nSPS) is 27.6. The number of para-hydroxylation sites is 1. The molecule has 1 aromatic carbocycles. The van der Waals surface area contributed by atoms with Gasteiger partial charge in [-0.25, -0.2) is 0 Å². The summed E-state index contributed by atoms with van der Waals surface area (Å²) in [6, 6.07) is 8.77. The molecule has 2 nitrogen and oxygen atoms in total. The van der Waals surface area contributed by atoms with Gasteiger partial charge in [0.1, 0.15) is 5.75 Å². The second-order valence-corrected chi connectivity index (χ2v) is 4.61. The van der Waals surface area contributed by atoms with Crippen LogP contribution < -0.4 is 4.74 Å². The molecule has 17 heavy (non-hydrogen) atoms. The lowest BCUT2D eigenvalue weighted by Gasteiger charge is -2.39. The first-order valence-electron chi connectivity index (χ1n) is 6.18. The summed E-state index contributed by atoms with van der Waals surface area (Å²) < 4.78 is 5.97. The minimum Gasteiger partial charge on any atom is -0.475 e. The van der Waals surface area contributed by atoms with Crippen molar-refractivity contribution in [1.29, 1.82) is 0 Å². The van der Waals surface area contributed by atoms with Gasteiger partial charge in [-0.15, -0.1) is 0 Å². The van der Waals surface area contributed by atoms with Crippen LogP contribution in [0.5, 0.6) is 5.75 Å². The van der Waals surface area contributed by atoms with Crippen molar-refractivity contribution < 1.29 is 4.74 Å². The molecule has 2 atom stereocenters. The fourth-order valence-corrected chi connectivity index (χ4v) is 2.53. The summed E-state index contributed by atoms with van der Waals surface area (Å²) >= 11 is 0. The Morgan fingerprint density at radius 1 is 1.24 bits per heavy atom. The van der Waals surface area contributed by atoms with Crippen molar-refractivity contribution in [2.24, 2.45) is 0 Å². The Kier molecular flexibility index (Phi) is 2.73. The average molecular weight is 227 g/mol. The van der Waals surface area contributed by atoms with Gasteiger partial charge in [0.2, 0.25) is 0 Å². The predicted molar refractivity (Wildman–Crippen MR) is 68.8 cm³/mol. The highest BCUT2D eigenvalue weighted by Gasteiger charge is 2.28. The summed E-state index contributed by atoms with van der Waals surface area (Å²) in [5, 5.41) is 0. The Morgan fingerprint density at radius 2 is 2.12 bits per heavy atom. The molecule has 0 radical (unpaired) electrons. The maximum atomic E-state index is 5.97. The Balaban J connectivity index is 1.84. The SMILES string of the molecule is CC1Oc2ccccc2CN1C1C=CC=CC1. The number of benzene rings is 1. The van der Waals surface area contributed by atoms with E-state index in [1.165, 1.54) is 5.56 Å². The first-order chi connectivity index (χ1) is 8.34. The lowest BCUT2D eigenvalue weighted by atomic mass is 10.0. The van der Waals surface area contributed by atoms with Crippen molar-refractivity contribution in [3.8, 4) is 5.75 Å². The van der Waals surface area contributed by atoms with Crippen LogP contribution in [0.1, 0.15) is 18.9 Å². The van der Waals surface area contributed by atoms with Crippen LogP contribution in [0.4, 0.5) is 0 Å². The maximum absolute atomic E-state index is 5.97. The molecule has 1 aliphatic carbocycles. The van der Waals surface area contributed by atoms with E-state index in [1.54, 1.807) is 0 Å². The zero-order chi connectivity index (χ0) is 11.7. The fourth-order valence-electron chi connectivity index (χ4n) is 2.53. The first kappa shape index (κ1) is 10.6. The lowest BCUT2D eigenvalue weighted by molar-refractivity contribution is -0.00502. The van der Waals surface area contributed by atoms with E-state index in [4.69, 9.17) is 4.74 Å². The molecule has 1 heterocycles. The Bertz CT molecular complexity index is 464. The summed E-state index contributed by atoms with van der Waals surface area (Å²) in [6.45, 7) is 3.10. The van der Waals surface area contributed by atoms with Crippen LogP contribution in [0.15, 0.2) is 48.6 Å². The van der Waals surface area contributed by atoms with Crippen molar-refractivity contribution in [3.05, 3.63) is 54.1 Å². The second-order valence-electron chi connectivity index (χ2n) is 4.61. The smallest absolute Gasteiger partial charge is 0.150 e. The van der Waals surface area contributed by atoms with Gasteiger partial charge in [0.25, 0.3) is 0 Å². The van der Waals surface area contributed by atoms with Crippen LogP contribution in [0.2, 0.25) is 0 Å². The largest absolute Gasteiger partial charge is 0.475 e. The van der Waals surface area contributed by atoms with Gasteiger partial charge in [0, 0.05) is 18.2 Å². The molecule has 88 valence electrons. The van der Waals surface area contributed by atoms with Crippen molar-refractivity contribution in [2.45, 2.75) is 32.2 Å². The molecule has 0 saturated carbocycles. The number of ether oxygens (including phenoxy) is 1. The third-order valence-corrected chi connectivity index (χ3v) is 3.47. The summed E-state index contributed by atoms with van der Waals surface area (Å²) in [6.07, 6.45) is 9.94. The highest BCUT2D eigenvalue weighted by Crippen LogP contribution is 2.30. The highest BCUT2D eigenvalue weighted by atomic mass is 16.5. The molecule has 0 bridgehead atoms. The molecule has 1 aromatic rings. The molecule has 3 rings (SSSR count). The molecule has 0 spiro atoms. The van der Waals surface area contributed by atoms with Gasteiger partial charge in [-0.05, 0) is 19.4 Å². The summed E-state index contributed by atoms with van der Waals surface area (Å²) in [5.74, 6) is 1.03. The van der Waals surface area contributed by atoms with E-state index in [0.29, 0.717) is 6.04 Å². The van der Waals surface area contributed by atoms with Crippen LogP contribution in [0.25, 0.3) is 0 Å². The Morgan fingerprint density at radius 3 is 2.94 bits per heavy atom. The second kappa shape index (κ2) is 4.38. The van der Waals surface area contributed by atoms with Crippen LogP contribution in [0, 0.1) is 0 Å². The molecule has 0 saturated heterocycles. The molecule has 0 amide bonds. The quantitative estimate of drug-likeness (QED) is 0.731. The monoisotopic (exact) mass is 227 g/mol. The van der Waals surface area contributed by atoms with E-state index in [-0.39, 0.29) is 6.23 Å². The molecule has 2 unspecified atom stereocenters. The van der Waals surface area contributed by atoms with E-state index in [9.17, 15) is 0 Å². The van der Waals surface area contributed by atoms with Gasteiger partial charge < -0.3 is 4.74 Å². The van der Waals surface area contributed by atoms with E-state index in [0.717, 1.165) is 18.7 Å². The first-order valence-corrected chi connectivity index (χ1v) is 6.18. The molecule has 0 fully saturated rings. The van der Waals surface area contributed by atoms with E-state index in [1.807, 2.05) is 6.07 Å². The highest BCUT2D eigenvalue weighted by molar-refractivity contribution is 5.35. The van der Waals surface area contributed by atoms with E-state index in [2.05, 4.69) is 54.3 Å². The van der Waals surface area contributed by atoms with Gasteiger partial charge in [-0.3, -0.25) is 4.90 Å². The molecular formula is C15H17NO. The van der Waals surface area contributed by atoms with Gasteiger partial charge in [-0.1, -0.05) is 42.5 Å². The van der Waals surface area contributed by atoms with Gasteiger partial charge in [0.15, 0.2) is 6.23 Å².